The van der Waals surface area contributed by atoms with Crippen LogP contribution >= 0.6 is 11.3 Å². The van der Waals surface area contributed by atoms with Crippen LogP contribution in [0.1, 0.15) is 19.8 Å². The second kappa shape index (κ2) is 10.5. The number of sulfonamides is 1. The van der Waals surface area contributed by atoms with Crippen LogP contribution in [0.4, 0.5) is 23.2 Å². The molecule has 1 heterocycles. The summed E-state index contributed by atoms with van der Waals surface area (Å²) < 4.78 is 80.2. The normalized spacial score (nSPS) is 20.8. The van der Waals surface area contributed by atoms with Crippen LogP contribution in [0.25, 0.3) is 0 Å². The van der Waals surface area contributed by atoms with E-state index in [0.717, 1.165) is 18.3 Å². The predicted octanol–water partition coefficient (Wildman–Crippen LogP) is 4.37. The fourth-order valence-electron chi connectivity index (χ4n) is 3.39. The average Bonchev–Trinajstić information content (AvgIpc) is 3.32. The Morgan fingerprint density at radius 2 is 1.91 bits per heavy atom. The van der Waals surface area contributed by atoms with Crippen LogP contribution in [-0.2, 0) is 10.0 Å². The van der Waals surface area contributed by atoms with E-state index in [4.69, 9.17) is 0 Å². The van der Waals surface area contributed by atoms with Gasteiger partial charge < -0.3 is 10.4 Å². The topological polar surface area (TPSA) is 90.8 Å². The third-order valence-electron chi connectivity index (χ3n) is 5.53. The summed E-state index contributed by atoms with van der Waals surface area (Å²) in [7, 11) is -3.74. The highest BCUT2D eigenvalue weighted by atomic mass is 32.2. The lowest BCUT2D eigenvalue weighted by Gasteiger charge is -2.34. The summed E-state index contributed by atoms with van der Waals surface area (Å²) in [5.41, 5.74) is -1.75. The molecule has 3 atom stereocenters. The van der Waals surface area contributed by atoms with E-state index < -0.39 is 39.6 Å². The third kappa shape index (κ3) is 6.65. The van der Waals surface area contributed by atoms with Crippen molar-refractivity contribution in [3.8, 4) is 0 Å². The number of anilines is 1. The van der Waals surface area contributed by atoms with Gasteiger partial charge in [-0.15, -0.1) is 11.3 Å². The average molecular weight is 520 g/mol. The first-order valence-corrected chi connectivity index (χ1v) is 12.8. The second-order valence-electron chi connectivity index (χ2n) is 8.10. The van der Waals surface area contributed by atoms with E-state index in [-0.39, 0.29) is 30.1 Å². The molecule has 34 heavy (non-hydrogen) atoms. The third-order valence-corrected chi connectivity index (χ3v) is 8.35. The second-order valence-corrected chi connectivity index (χ2v) is 11.0. The molecule has 12 heteroatoms. The predicted molar refractivity (Wildman–Crippen MR) is 124 cm³/mol. The maximum atomic E-state index is 13.1. The molecule has 3 unspecified atom stereocenters. The fraction of sp³-hybridized carbons (Fsp3) is 0.409. The van der Waals surface area contributed by atoms with Crippen LogP contribution in [0, 0.1) is 11.7 Å². The Labute approximate surface area is 199 Å². The monoisotopic (exact) mass is 519 g/mol. The largest absolute Gasteiger partial charge is 0.417 e. The summed E-state index contributed by atoms with van der Waals surface area (Å²) in [6.07, 6.45) is -1.81. The van der Waals surface area contributed by atoms with Crippen molar-refractivity contribution < 1.29 is 31.1 Å². The van der Waals surface area contributed by atoms with Gasteiger partial charge in [0.15, 0.2) is 5.60 Å². The van der Waals surface area contributed by atoms with Crippen molar-refractivity contribution in [1.82, 2.24) is 4.72 Å². The van der Waals surface area contributed by atoms with Crippen LogP contribution in [0.5, 0.6) is 0 Å². The zero-order valence-electron chi connectivity index (χ0n) is 18.2. The Bertz CT molecular complexity index is 1110. The van der Waals surface area contributed by atoms with Gasteiger partial charge in [0, 0.05) is 30.4 Å². The van der Waals surface area contributed by atoms with Gasteiger partial charge in [-0.3, -0.25) is 4.99 Å². The van der Waals surface area contributed by atoms with Gasteiger partial charge in [-0.25, -0.2) is 17.5 Å². The Kier molecular flexibility index (Phi) is 8.17. The molecule has 0 saturated carbocycles. The Hall–Kier alpha value is -2.28. The van der Waals surface area contributed by atoms with Crippen LogP contribution in [0.3, 0.4) is 0 Å². The molecule has 0 saturated heterocycles. The van der Waals surface area contributed by atoms with E-state index >= 15 is 0 Å². The highest BCUT2D eigenvalue weighted by Gasteiger charge is 2.54. The minimum atomic E-state index is -4.77. The lowest BCUT2D eigenvalue weighted by atomic mass is 9.81. The van der Waals surface area contributed by atoms with Crippen LogP contribution < -0.4 is 10.0 Å². The molecule has 1 aliphatic carbocycles. The number of aliphatic imine (C=N–C) groups is 1. The van der Waals surface area contributed by atoms with Gasteiger partial charge in [0.2, 0.25) is 10.0 Å². The van der Waals surface area contributed by atoms with Crippen molar-refractivity contribution in [2.24, 2.45) is 10.9 Å². The number of halogens is 4. The van der Waals surface area contributed by atoms with Crippen LogP contribution in [0.15, 0.2) is 63.1 Å². The number of nitrogens with zero attached hydrogens (tertiary/aromatic N) is 1. The Morgan fingerprint density at radius 1 is 1.21 bits per heavy atom. The van der Waals surface area contributed by atoms with Crippen LogP contribution in [-0.4, -0.2) is 50.1 Å². The van der Waals surface area contributed by atoms with Crippen molar-refractivity contribution in [3.63, 3.8) is 0 Å². The van der Waals surface area contributed by atoms with E-state index in [9.17, 15) is 31.1 Å². The SMILES string of the molecule is CC(O)(C1C=CC(=NC(CNc2ccc(F)cc2)CNS(=O)(=O)c2cccs2)CC1)C(F)(F)F. The summed E-state index contributed by atoms with van der Waals surface area (Å²) in [6, 6.07) is 8.10. The Balaban J connectivity index is 1.74. The number of thiophene rings is 1. The lowest BCUT2D eigenvalue weighted by Crippen LogP contribution is -2.48. The molecule has 1 aromatic carbocycles. The molecule has 6 nitrogen and oxygen atoms in total. The standard InChI is InChI=1S/C22H25F4N3O3S2/c1-21(30,22(24,25)26)15-4-8-18(9-5-15)29-19(13-27-17-10-6-16(23)7-11-17)14-28-34(31,32)20-3-2-12-33-20/h2-4,6-8,10-12,15,19,27-28,30H,5,9,13-14H2,1H3. The zero-order valence-corrected chi connectivity index (χ0v) is 19.9. The maximum Gasteiger partial charge on any atom is 0.417 e. The minimum Gasteiger partial charge on any atom is -0.383 e. The van der Waals surface area contributed by atoms with Crippen molar-refractivity contribution in [1.29, 1.82) is 0 Å². The van der Waals surface area contributed by atoms with Gasteiger partial charge in [0.05, 0.1) is 6.04 Å². The highest BCUT2D eigenvalue weighted by Crippen LogP contribution is 2.40. The molecule has 0 spiro atoms. The first-order chi connectivity index (χ1) is 15.9. The van der Waals surface area contributed by atoms with E-state index in [2.05, 4.69) is 15.0 Å². The molecule has 2 aromatic rings. The van der Waals surface area contributed by atoms with Gasteiger partial charge in [0.1, 0.15) is 10.0 Å². The number of nitrogens with one attached hydrogen (secondary N) is 2. The number of hydrogen-bond donors (Lipinski definition) is 3. The summed E-state index contributed by atoms with van der Waals surface area (Å²) in [5, 5.41) is 14.6. The highest BCUT2D eigenvalue weighted by molar-refractivity contribution is 7.91. The summed E-state index contributed by atoms with van der Waals surface area (Å²) in [6.45, 7) is 0.883. The number of aliphatic hydroxyl groups is 1. The van der Waals surface area contributed by atoms with E-state index in [1.54, 1.807) is 11.4 Å². The van der Waals surface area contributed by atoms with Crippen molar-refractivity contribution in [2.75, 3.05) is 18.4 Å². The molecule has 3 N–H and O–H groups in total. The van der Waals surface area contributed by atoms with Crippen molar-refractivity contribution in [2.45, 2.75) is 41.8 Å². The van der Waals surface area contributed by atoms with Gasteiger partial charge in [-0.05, 0) is 61.6 Å². The van der Waals surface area contributed by atoms with Crippen molar-refractivity contribution in [3.05, 3.63) is 59.7 Å². The smallest absolute Gasteiger partial charge is 0.383 e. The maximum absolute atomic E-state index is 13.1. The molecule has 0 amide bonds. The molecule has 0 aliphatic heterocycles. The molecular weight excluding hydrogens is 494 g/mol. The first kappa shape index (κ1) is 26.3. The van der Waals surface area contributed by atoms with Gasteiger partial charge in [0.25, 0.3) is 0 Å². The number of alkyl halides is 3. The van der Waals surface area contributed by atoms with Crippen molar-refractivity contribution >= 4 is 32.8 Å². The molecule has 186 valence electrons. The molecule has 1 aliphatic rings. The lowest BCUT2D eigenvalue weighted by molar-refractivity contribution is -0.267. The van der Waals surface area contributed by atoms with Crippen LogP contribution in [0.2, 0.25) is 0 Å². The first-order valence-electron chi connectivity index (χ1n) is 10.4. The molecule has 1 aromatic heterocycles. The van der Waals surface area contributed by atoms with Gasteiger partial charge >= 0.3 is 6.18 Å². The van der Waals surface area contributed by atoms with Gasteiger partial charge in [-0.1, -0.05) is 12.1 Å². The number of rotatable bonds is 9. The quantitative estimate of drug-likeness (QED) is 0.430. The number of allylic oxidation sites excluding steroid dienone is 1. The molecule has 0 radical (unpaired) electrons. The van der Waals surface area contributed by atoms with Gasteiger partial charge in [-0.2, -0.15) is 13.2 Å². The zero-order chi connectivity index (χ0) is 25.0. The van der Waals surface area contributed by atoms with E-state index in [1.807, 2.05) is 0 Å². The summed E-state index contributed by atoms with van der Waals surface area (Å²) in [4.78, 5) is 4.54. The fourth-order valence-corrected chi connectivity index (χ4v) is 5.50. The van der Waals surface area contributed by atoms with E-state index in [1.165, 1.54) is 42.5 Å². The minimum absolute atomic E-state index is 0.0425. The molecular formula is C22H25F4N3O3S2. The number of benzene rings is 1. The summed E-state index contributed by atoms with van der Waals surface area (Å²) >= 11 is 1.07. The molecule has 3 rings (SSSR count). The Morgan fingerprint density at radius 3 is 2.47 bits per heavy atom. The summed E-state index contributed by atoms with van der Waals surface area (Å²) in [5.74, 6) is -1.51. The number of hydrogen-bond acceptors (Lipinski definition) is 6. The van der Waals surface area contributed by atoms with E-state index in [0.29, 0.717) is 11.4 Å². The molecule has 0 bridgehead atoms. The molecule has 0 fully saturated rings.